The van der Waals surface area contributed by atoms with E-state index in [1.807, 2.05) is 0 Å². The van der Waals surface area contributed by atoms with Crippen LogP contribution in [0.25, 0.3) is 0 Å². The molecule has 3 aromatic rings. The second-order valence-corrected chi connectivity index (χ2v) is 6.14. The fourth-order valence-electron chi connectivity index (χ4n) is 2.73. The van der Waals surface area contributed by atoms with Crippen LogP contribution in [0.5, 0.6) is 17.2 Å². The van der Waals surface area contributed by atoms with Gasteiger partial charge < -0.3 is 14.2 Å². The molecule has 5 nitrogen and oxygen atoms in total. The summed E-state index contributed by atoms with van der Waals surface area (Å²) in [6.07, 6.45) is 0. The minimum atomic E-state index is -0.400. The van der Waals surface area contributed by atoms with E-state index >= 15 is 0 Å². The molecular formula is C23H19FO5. The summed E-state index contributed by atoms with van der Waals surface area (Å²) >= 11 is 0. The van der Waals surface area contributed by atoms with Crippen molar-refractivity contribution in [2.45, 2.75) is 0 Å². The Bertz CT molecular complexity index is 1010. The van der Waals surface area contributed by atoms with Crippen LogP contribution in [0.3, 0.4) is 0 Å². The molecule has 0 N–H and O–H groups in total. The Morgan fingerprint density at radius 3 is 1.97 bits per heavy atom. The first kappa shape index (κ1) is 20.1. The van der Waals surface area contributed by atoms with Crippen molar-refractivity contribution in [3.63, 3.8) is 0 Å². The SMILES string of the molecule is COc1ccc(OC)c(C(=O)COc2ccc(C(=O)c3ccc(F)cc3)cc2)c1. The Hall–Kier alpha value is -3.67. The molecule has 0 radical (unpaired) electrons. The molecule has 0 amide bonds. The van der Waals surface area contributed by atoms with E-state index in [1.165, 1.54) is 38.5 Å². The van der Waals surface area contributed by atoms with E-state index in [2.05, 4.69) is 0 Å². The van der Waals surface area contributed by atoms with E-state index in [0.29, 0.717) is 33.9 Å². The van der Waals surface area contributed by atoms with Crippen molar-refractivity contribution in [2.75, 3.05) is 20.8 Å². The molecule has 0 bridgehead atoms. The van der Waals surface area contributed by atoms with Gasteiger partial charge in [-0.1, -0.05) is 0 Å². The lowest BCUT2D eigenvalue weighted by Gasteiger charge is -2.11. The van der Waals surface area contributed by atoms with Crippen LogP contribution in [0.4, 0.5) is 4.39 Å². The van der Waals surface area contributed by atoms with Crippen LogP contribution < -0.4 is 14.2 Å². The fourth-order valence-corrected chi connectivity index (χ4v) is 2.73. The Morgan fingerprint density at radius 2 is 1.38 bits per heavy atom. The molecule has 0 atom stereocenters. The van der Waals surface area contributed by atoms with Crippen molar-refractivity contribution in [3.05, 3.63) is 89.2 Å². The maximum atomic E-state index is 13.0. The average molecular weight is 394 g/mol. The minimum Gasteiger partial charge on any atom is -0.497 e. The molecule has 0 heterocycles. The van der Waals surface area contributed by atoms with Crippen LogP contribution in [-0.4, -0.2) is 32.4 Å². The standard InChI is InChI=1S/C23H19FO5/c1-27-19-11-12-22(28-2)20(13-19)21(25)14-29-18-9-5-16(6-10-18)23(26)15-3-7-17(24)8-4-15/h3-13H,14H2,1-2H3. The van der Waals surface area contributed by atoms with Gasteiger partial charge >= 0.3 is 0 Å². The third kappa shape index (κ3) is 4.79. The van der Waals surface area contributed by atoms with E-state index in [9.17, 15) is 14.0 Å². The number of Topliss-reactive ketones (excluding diaryl/α,β-unsaturated/α-hetero) is 1. The molecule has 0 saturated carbocycles. The average Bonchev–Trinajstić information content (AvgIpc) is 2.77. The summed E-state index contributed by atoms with van der Waals surface area (Å²) in [6, 6.07) is 16.7. The Labute approximate surface area is 167 Å². The van der Waals surface area contributed by atoms with Crippen molar-refractivity contribution in [1.29, 1.82) is 0 Å². The van der Waals surface area contributed by atoms with Gasteiger partial charge in [-0.3, -0.25) is 9.59 Å². The van der Waals surface area contributed by atoms with Crippen molar-refractivity contribution in [2.24, 2.45) is 0 Å². The van der Waals surface area contributed by atoms with Crippen LogP contribution in [-0.2, 0) is 0 Å². The van der Waals surface area contributed by atoms with Gasteiger partial charge in [0.05, 0.1) is 19.8 Å². The van der Waals surface area contributed by atoms with Crippen LogP contribution in [0.1, 0.15) is 26.3 Å². The molecule has 0 aromatic heterocycles. The zero-order valence-electron chi connectivity index (χ0n) is 16.0. The molecule has 6 heteroatoms. The zero-order chi connectivity index (χ0) is 20.8. The lowest BCUT2D eigenvalue weighted by molar-refractivity contribution is 0.0917. The number of ether oxygens (including phenoxy) is 3. The van der Waals surface area contributed by atoms with Gasteiger partial charge in [0.25, 0.3) is 0 Å². The van der Waals surface area contributed by atoms with E-state index in [0.717, 1.165) is 0 Å². The molecule has 0 fully saturated rings. The van der Waals surface area contributed by atoms with Crippen molar-refractivity contribution >= 4 is 11.6 Å². The van der Waals surface area contributed by atoms with Crippen LogP contribution in [0.2, 0.25) is 0 Å². The number of hydrogen-bond donors (Lipinski definition) is 0. The minimum absolute atomic E-state index is 0.200. The summed E-state index contributed by atoms with van der Waals surface area (Å²) in [4.78, 5) is 24.9. The van der Waals surface area contributed by atoms with Crippen molar-refractivity contribution < 1.29 is 28.2 Å². The molecule has 29 heavy (non-hydrogen) atoms. The van der Waals surface area contributed by atoms with Crippen molar-refractivity contribution in [3.8, 4) is 17.2 Å². The summed E-state index contributed by atoms with van der Waals surface area (Å²) < 4.78 is 28.9. The molecular weight excluding hydrogens is 375 g/mol. The van der Waals surface area contributed by atoms with Crippen LogP contribution in [0, 0.1) is 5.82 Å². The highest BCUT2D eigenvalue weighted by atomic mass is 19.1. The van der Waals surface area contributed by atoms with E-state index < -0.39 is 5.82 Å². The number of benzene rings is 3. The van der Waals surface area contributed by atoms with Crippen LogP contribution in [0.15, 0.2) is 66.7 Å². The maximum Gasteiger partial charge on any atom is 0.204 e. The van der Waals surface area contributed by atoms with Gasteiger partial charge in [-0.2, -0.15) is 0 Å². The quantitative estimate of drug-likeness (QED) is 0.532. The lowest BCUT2D eigenvalue weighted by Crippen LogP contribution is -2.13. The first-order chi connectivity index (χ1) is 14.0. The first-order valence-corrected chi connectivity index (χ1v) is 8.80. The predicted molar refractivity (Wildman–Crippen MR) is 106 cm³/mol. The molecule has 3 rings (SSSR count). The number of ketones is 2. The number of carbonyl (C=O) groups excluding carboxylic acids is 2. The predicted octanol–water partition coefficient (Wildman–Crippen LogP) is 4.34. The molecule has 3 aromatic carbocycles. The second kappa shape index (κ2) is 9.01. The second-order valence-electron chi connectivity index (χ2n) is 6.14. The Morgan fingerprint density at radius 1 is 0.793 bits per heavy atom. The monoisotopic (exact) mass is 394 g/mol. The topological polar surface area (TPSA) is 61.8 Å². The van der Waals surface area contributed by atoms with Gasteiger partial charge in [-0.15, -0.1) is 0 Å². The molecule has 0 aliphatic carbocycles. The number of methoxy groups -OCH3 is 2. The number of carbonyl (C=O) groups is 2. The van der Waals surface area contributed by atoms with Gasteiger partial charge in [-0.25, -0.2) is 4.39 Å². The molecule has 0 unspecified atom stereocenters. The first-order valence-electron chi connectivity index (χ1n) is 8.80. The zero-order valence-corrected chi connectivity index (χ0v) is 16.0. The highest BCUT2D eigenvalue weighted by molar-refractivity contribution is 6.09. The molecule has 0 saturated heterocycles. The molecule has 0 aliphatic rings. The summed E-state index contributed by atoms with van der Waals surface area (Å²) in [7, 11) is 3.00. The van der Waals surface area contributed by atoms with E-state index in [1.54, 1.807) is 42.5 Å². The highest BCUT2D eigenvalue weighted by Crippen LogP contribution is 2.25. The maximum absolute atomic E-state index is 13.0. The summed E-state index contributed by atoms with van der Waals surface area (Å²) in [5.41, 5.74) is 1.18. The van der Waals surface area contributed by atoms with Gasteiger partial charge in [0.15, 0.2) is 12.4 Å². The van der Waals surface area contributed by atoms with Gasteiger partial charge in [0, 0.05) is 11.1 Å². The fraction of sp³-hybridized carbons (Fsp3) is 0.130. The highest BCUT2D eigenvalue weighted by Gasteiger charge is 2.15. The lowest BCUT2D eigenvalue weighted by atomic mass is 10.0. The van der Waals surface area contributed by atoms with Gasteiger partial charge in [-0.05, 0) is 66.7 Å². The van der Waals surface area contributed by atoms with Gasteiger partial charge in [0.2, 0.25) is 5.78 Å². The number of hydrogen-bond acceptors (Lipinski definition) is 5. The van der Waals surface area contributed by atoms with Gasteiger partial charge in [0.1, 0.15) is 23.1 Å². The summed E-state index contributed by atoms with van der Waals surface area (Å²) in [5.74, 6) is 0.511. The Balaban J connectivity index is 1.67. The summed E-state index contributed by atoms with van der Waals surface area (Å²) in [5, 5.41) is 0. The smallest absolute Gasteiger partial charge is 0.204 e. The van der Waals surface area contributed by atoms with E-state index in [4.69, 9.17) is 14.2 Å². The molecule has 0 spiro atoms. The number of halogens is 1. The largest absolute Gasteiger partial charge is 0.497 e. The molecule has 148 valence electrons. The third-order valence-corrected chi connectivity index (χ3v) is 4.30. The number of rotatable bonds is 8. The summed E-state index contributed by atoms with van der Waals surface area (Å²) in [6.45, 7) is -0.200. The Kier molecular flexibility index (Phi) is 6.24. The molecule has 0 aliphatic heterocycles. The van der Waals surface area contributed by atoms with E-state index in [-0.39, 0.29) is 18.2 Å². The normalized spacial score (nSPS) is 10.3. The third-order valence-electron chi connectivity index (χ3n) is 4.30. The van der Waals surface area contributed by atoms with Crippen molar-refractivity contribution in [1.82, 2.24) is 0 Å². The van der Waals surface area contributed by atoms with Crippen LogP contribution >= 0.6 is 0 Å².